The minimum absolute atomic E-state index is 0.0291. The number of hydrogen-bond acceptors (Lipinski definition) is 19. The van der Waals surface area contributed by atoms with Crippen molar-refractivity contribution in [3.8, 4) is 39.9 Å². The molecule has 19 heteroatoms. The molecule has 5 aliphatic heterocycles. The Morgan fingerprint density at radius 1 is 0.745 bits per heavy atom. The Morgan fingerprint density at radius 2 is 1.40 bits per heavy atom. The maximum atomic E-state index is 13.6. The Bertz CT molecular complexity index is 1940. The molecular formula is C36H40O19. The number of ether oxygens (including phenoxy) is 11. The van der Waals surface area contributed by atoms with Crippen LogP contribution in [-0.2, 0) is 35.0 Å². The van der Waals surface area contributed by atoms with E-state index in [1.807, 2.05) is 0 Å². The average Bonchev–Trinajstić information content (AvgIpc) is 3.90. The van der Waals surface area contributed by atoms with Gasteiger partial charge in [-0.15, -0.1) is 0 Å². The predicted molar refractivity (Wildman–Crippen MR) is 179 cm³/mol. The molecule has 3 aromatic rings. The van der Waals surface area contributed by atoms with E-state index in [0.29, 0.717) is 50.5 Å². The molecule has 0 saturated carbocycles. The number of fused-ring (bicyclic) bond motifs is 3. The van der Waals surface area contributed by atoms with E-state index in [0.717, 1.165) is 0 Å². The van der Waals surface area contributed by atoms with Crippen LogP contribution in [0.2, 0.25) is 0 Å². The molecule has 19 nitrogen and oxygen atoms in total. The standard InChI is InChI=1S/C36H40O19/c1-45-21-6-15-16(7-22(21)46-2)30(17-8-47-32(43)25(17)24(15)14-3-4-20-23(5-14)53-13-52-20)54-35-31(55-34-29(42)27(40)19(38)10-49-34)36(44,12-51-35)11-50-33-28(41)26(39)18(37)9-48-33/h3-7,18-19,26-29,31,33-35,37-42,44H,8-13H2,1-2H3/t18-,19-,26+,27-,28+,29+,31-,33-,34-,35-,36-/m0/s1. The highest BCUT2D eigenvalue weighted by Gasteiger charge is 2.56. The number of hydrogen-bond donors (Lipinski definition) is 7. The van der Waals surface area contributed by atoms with Crippen LogP contribution in [0.5, 0.6) is 28.7 Å². The third kappa shape index (κ3) is 6.58. The molecule has 3 aromatic carbocycles. The first-order valence-electron chi connectivity index (χ1n) is 17.3. The summed E-state index contributed by atoms with van der Waals surface area (Å²) in [4.78, 5) is 13.6. The number of rotatable bonds is 10. The first kappa shape index (κ1) is 37.8. The summed E-state index contributed by atoms with van der Waals surface area (Å²) in [5, 5.41) is 74.7. The molecule has 0 spiro atoms. The highest BCUT2D eigenvalue weighted by molar-refractivity contribution is 6.14. The molecule has 0 radical (unpaired) electrons. The number of esters is 1. The molecule has 3 saturated heterocycles. The maximum absolute atomic E-state index is 13.6. The molecule has 5 heterocycles. The molecule has 8 rings (SSSR count). The van der Waals surface area contributed by atoms with Gasteiger partial charge in [0.15, 0.2) is 41.7 Å². The summed E-state index contributed by atoms with van der Waals surface area (Å²) in [5.74, 6) is 1.05. The Morgan fingerprint density at radius 3 is 2.11 bits per heavy atom. The Kier molecular flexibility index (Phi) is 10.2. The third-order valence-corrected chi connectivity index (χ3v) is 10.3. The second-order valence-corrected chi connectivity index (χ2v) is 13.7. The zero-order valence-electron chi connectivity index (χ0n) is 29.4. The van der Waals surface area contributed by atoms with E-state index in [4.69, 9.17) is 52.1 Å². The zero-order valence-corrected chi connectivity index (χ0v) is 29.4. The molecule has 7 N–H and O–H groups in total. The summed E-state index contributed by atoms with van der Waals surface area (Å²) in [5.41, 5.74) is -0.631. The molecule has 0 unspecified atom stereocenters. The van der Waals surface area contributed by atoms with Crippen LogP contribution in [0.4, 0.5) is 0 Å². The van der Waals surface area contributed by atoms with Gasteiger partial charge in [0.1, 0.15) is 54.6 Å². The van der Waals surface area contributed by atoms with Gasteiger partial charge in [-0.05, 0) is 35.2 Å². The van der Waals surface area contributed by atoms with E-state index in [2.05, 4.69) is 0 Å². The number of aliphatic hydroxyl groups excluding tert-OH is 6. The summed E-state index contributed by atoms with van der Waals surface area (Å²) in [6.07, 6.45) is -15.8. The molecule has 0 amide bonds. The SMILES string of the molecule is COc1cc2c(O[C@@H]3OC[C@@](O)(CO[C@@H]4OC[C@H](O)[C@@H](O)[C@H]4O)[C@H]3O[C@@H]3OC[C@H](O)[C@H](O)[C@H]3O)c3c(c(-c4ccc5c(c4)OCO5)c2cc1OC)C(=O)OC3. The third-order valence-electron chi connectivity index (χ3n) is 10.3. The largest absolute Gasteiger partial charge is 0.493 e. The summed E-state index contributed by atoms with van der Waals surface area (Å²) < 4.78 is 63.1. The Hall–Kier alpha value is -4.09. The number of carbonyl (C=O) groups excluding carboxylic acids is 1. The molecule has 298 valence electrons. The van der Waals surface area contributed by atoms with Crippen LogP contribution >= 0.6 is 0 Å². The van der Waals surface area contributed by atoms with E-state index in [9.17, 15) is 40.5 Å². The Labute approximate surface area is 311 Å². The smallest absolute Gasteiger partial charge is 0.339 e. The van der Waals surface area contributed by atoms with Gasteiger partial charge in [0.25, 0.3) is 0 Å². The number of aliphatic hydroxyl groups is 7. The van der Waals surface area contributed by atoms with Gasteiger partial charge < -0.3 is 87.9 Å². The van der Waals surface area contributed by atoms with Crippen LogP contribution in [0.25, 0.3) is 21.9 Å². The number of benzene rings is 3. The summed E-state index contributed by atoms with van der Waals surface area (Å²) >= 11 is 0. The van der Waals surface area contributed by atoms with E-state index < -0.39 is 93.0 Å². The molecular weight excluding hydrogens is 736 g/mol. The van der Waals surface area contributed by atoms with Crippen LogP contribution in [0.15, 0.2) is 30.3 Å². The lowest BCUT2D eigenvalue weighted by Crippen LogP contribution is -2.59. The lowest BCUT2D eigenvalue weighted by Gasteiger charge is -2.40. The van der Waals surface area contributed by atoms with Crippen molar-refractivity contribution in [1.82, 2.24) is 0 Å². The summed E-state index contributed by atoms with van der Waals surface area (Å²) in [7, 11) is 2.90. The van der Waals surface area contributed by atoms with Crippen molar-refractivity contribution in [2.75, 3.05) is 47.4 Å². The van der Waals surface area contributed by atoms with Crippen molar-refractivity contribution >= 4 is 16.7 Å². The van der Waals surface area contributed by atoms with Crippen LogP contribution in [0, 0.1) is 0 Å². The van der Waals surface area contributed by atoms with Crippen molar-refractivity contribution in [3.05, 3.63) is 41.5 Å². The van der Waals surface area contributed by atoms with E-state index >= 15 is 0 Å². The number of carbonyl (C=O) groups is 1. The van der Waals surface area contributed by atoms with Crippen molar-refractivity contribution in [3.63, 3.8) is 0 Å². The van der Waals surface area contributed by atoms with Crippen molar-refractivity contribution in [2.45, 2.75) is 73.8 Å². The van der Waals surface area contributed by atoms with Crippen molar-refractivity contribution in [2.24, 2.45) is 0 Å². The first-order chi connectivity index (χ1) is 26.4. The first-order valence-corrected chi connectivity index (χ1v) is 17.3. The fourth-order valence-electron chi connectivity index (χ4n) is 7.27. The van der Waals surface area contributed by atoms with Crippen LogP contribution in [-0.4, -0.2) is 156 Å². The minimum atomic E-state index is -2.16. The van der Waals surface area contributed by atoms with E-state index in [1.165, 1.54) is 14.2 Å². The molecule has 0 aromatic heterocycles. The fourth-order valence-corrected chi connectivity index (χ4v) is 7.27. The number of methoxy groups -OCH3 is 2. The van der Waals surface area contributed by atoms with Crippen LogP contribution < -0.4 is 23.7 Å². The summed E-state index contributed by atoms with van der Waals surface area (Å²) in [6, 6.07) is 8.52. The van der Waals surface area contributed by atoms with Crippen LogP contribution in [0.1, 0.15) is 15.9 Å². The highest BCUT2D eigenvalue weighted by atomic mass is 16.8. The molecule has 55 heavy (non-hydrogen) atoms. The van der Waals surface area contributed by atoms with Crippen molar-refractivity contribution in [1.29, 1.82) is 0 Å². The van der Waals surface area contributed by atoms with Gasteiger partial charge >= 0.3 is 5.97 Å². The normalized spacial score (nSPS) is 34.1. The second-order valence-electron chi connectivity index (χ2n) is 13.7. The van der Waals surface area contributed by atoms with Crippen LogP contribution in [0.3, 0.4) is 0 Å². The zero-order chi connectivity index (χ0) is 38.8. The topological polar surface area (TPSA) is 260 Å². The Balaban J connectivity index is 1.21. The average molecular weight is 777 g/mol. The van der Waals surface area contributed by atoms with Gasteiger partial charge in [0.05, 0.1) is 46.2 Å². The number of cyclic esters (lactones) is 1. The fraction of sp³-hybridized carbons (Fsp3) is 0.528. The monoisotopic (exact) mass is 776 g/mol. The van der Waals surface area contributed by atoms with Gasteiger partial charge in [-0.1, -0.05) is 6.07 Å². The lowest BCUT2D eigenvalue weighted by molar-refractivity contribution is -0.315. The van der Waals surface area contributed by atoms with Crippen molar-refractivity contribution < 1.29 is 92.6 Å². The van der Waals surface area contributed by atoms with E-state index in [1.54, 1.807) is 30.3 Å². The van der Waals surface area contributed by atoms with Gasteiger partial charge in [-0.2, -0.15) is 0 Å². The molecule has 11 atom stereocenters. The second kappa shape index (κ2) is 14.8. The lowest BCUT2D eigenvalue weighted by atomic mass is 9.89. The molecule has 0 aliphatic carbocycles. The maximum Gasteiger partial charge on any atom is 0.339 e. The quantitative estimate of drug-likeness (QED) is 0.118. The van der Waals surface area contributed by atoms with Gasteiger partial charge in [-0.3, -0.25) is 0 Å². The molecule has 3 fully saturated rings. The van der Waals surface area contributed by atoms with E-state index in [-0.39, 0.29) is 31.3 Å². The van der Waals surface area contributed by atoms with Gasteiger partial charge in [-0.25, -0.2) is 4.79 Å². The molecule has 5 aliphatic rings. The predicted octanol–water partition coefficient (Wildman–Crippen LogP) is -1.33. The summed E-state index contributed by atoms with van der Waals surface area (Å²) in [6.45, 7) is -2.21. The van der Waals surface area contributed by atoms with Gasteiger partial charge in [0, 0.05) is 16.5 Å². The minimum Gasteiger partial charge on any atom is -0.493 e. The molecule has 0 bridgehead atoms. The van der Waals surface area contributed by atoms with Gasteiger partial charge in [0.2, 0.25) is 13.1 Å². The highest BCUT2D eigenvalue weighted by Crippen LogP contribution is 2.50.